The summed E-state index contributed by atoms with van der Waals surface area (Å²) in [6.45, 7) is 1.14. The number of nitro groups is 1. The zero-order valence-electron chi connectivity index (χ0n) is 16.1. The van der Waals surface area contributed by atoms with Gasteiger partial charge in [0.05, 0.1) is 23.6 Å². The molecule has 1 unspecified atom stereocenters. The van der Waals surface area contributed by atoms with Crippen molar-refractivity contribution in [2.75, 3.05) is 19.8 Å². The topological polar surface area (TPSA) is 102 Å². The predicted molar refractivity (Wildman–Crippen MR) is 106 cm³/mol. The molecule has 1 saturated heterocycles. The summed E-state index contributed by atoms with van der Waals surface area (Å²) in [4.78, 5) is 27.7. The van der Waals surface area contributed by atoms with Crippen molar-refractivity contribution < 1.29 is 28.8 Å². The molecule has 2 aromatic carbocycles. The van der Waals surface area contributed by atoms with E-state index in [0.717, 1.165) is 6.07 Å². The summed E-state index contributed by atoms with van der Waals surface area (Å²) in [5, 5.41) is 22.4. The quantitative estimate of drug-likeness (QED) is 0.380. The Labute approximate surface area is 172 Å². The molecule has 1 aliphatic heterocycles. The van der Waals surface area contributed by atoms with Crippen LogP contribution < -0.4 is 0 Å². The number of nitro benzene ring substituents is 1. The third kappa shape index (κ3) is 5.69. The lowest BCUT2D eigenvalue weighted by Crippen LogP contribution is -2.46. The van der Waals surface area contributed by atoms with Crippen molar-refractivity contribution in [1.29, 1.82) is 0 Å². The Hall–Kier alpha value is -3.14. The van der Waals surface area contributed by atoms with E-state index >= 15 is 0 Å². The lowest BCUT2D eigenvalue weighted by molar-refractivity contribution is -0.384. The van der Waals surface area contributed by atoms with Crippen LogP contribution in [-0.4, -0.2) is 47.0 Å². The van der Waals surface area contributed by atoms with Crippen LogP contribution in [0.25, 0.3) is 5.57 Å². The second-order valence-corrected chi connectivity index (χ2v) is 6.65. The van der Waals surface area contributed by atoms with Gasteiger partial charge in [-0.1, -0.05) is 24.3 Å². The zero-order chi connectivity index (χ0) is 21.5. The maximum absolute atomic E-state index is 13.3. The maximum Gasteiger partial charge on any atom is 0.338 e. The normalized spacial score (nSPS) is 15.3. The number of hydroxylamine groups is 2. The summed E-state index contributed by atoms with van der Waals surface area (Å²) in [5.41, 5.74) is 1.15. The van der Waals surface area contributed by atoms with E-state index in [2.05, 4.69) is 0 Å². The summed E-state index contributed by atoms with van der Waals surface area (Å²) in [7, 11) is 0. The number of ether oxygens (including phenoxy) is 1. The van der Waals surface area contributed by atoms with Crippen LogP contribution >= 0.6 is 0 Å². The summed E-state index contributed by atoms with van der Waals surface area (Å²) in [6, 6.07) is 11.0. The fourth-order valence-electron chi connectivity index (χ4n) is 2.88. The van der Waals surface area contributed by atoms with Crippen LogP contribution in [-0.2, 0) is 9.57 Å². The average Bonchev–Trinajstić information content (AvgIpc) is 2.69. The second kappa shape index (κ2) is 10.1. The Kier molecular flexibility index (Phi) is 7.23. The number of carbonyl (C=O) groups excluding carboxylic acids is 1. The van der Waals surface area contributed by atoms with Crippen molar-refractivity contribution in [2.24, 2.45) is 0 Å². The lowest BCUT2D eigenvalue weighted by atomic mass is 10.0. The van der Waals surface area contributed by atoms with Gasteiger partial charge in [0.15, 0.2) is 0 Å². The molecule has 8 nitrogen and oxygen atoms in total. The number of esters is 1. The van der Waals surface area contributed by atoms with Crippen LogP contribution in [0, 0.1) is 15.9 Å². The first kappa shape index (κ1) is 21.6. The number of nitrogens with zero attached hydrogens (tertiary/aromatic N) is 2. The van der Waals surface area contributed by atoms with E-state index in [9.17, 15) is 24.4 Å². The summed E-state index contributed by atoms with van der Waals surface area (Å²) >= 11 is 0. The number of carbonyl (C=O) groups is 1. The molecule has 3 rings (SSSR count). The van der Waals surface area contributed by atoms with Gasteiger partial charge in [0.2, 0.25) is 0 Å². The standard InChI is InChI=1S/C21H21FN2O6/c22-18-9-7-15(8-10-18)17(4-2-6-20(25)23-11-12-30-23)14-29-21(26)16-3-1-5-19(13-16)24(27)28/h1,3-5,7-10,13,20,25H,2,6,11-12,14H2/b17-4+. The number of allylic oxidation sites excluding steroid dienone is 1. The van der Waals surface area contributed by atoms with E-state index in [-0.39, 0.29) is 17.9 Å². The van der Waals surface area contributed by atoms with Crippen molar-refractivity contribution in [3.8, 4) is 0 Å². The van der Waals surface area contributed by atoms with Gasteiger partial charge in [-0.05, 0) is 42.2 Å². The number of halogens is 1. The first-order chi connectivity index (χ1) is 14.4. The third-order valence-electron chi connectivity index (χ3n) is 4.58. The fraction of sp³-hybridized carbons (Fsp3) is 0.286. The number of non-ortho nitro benzene ring substituents is 1. The number of benzene rings is 2. The van der Waals surface area contributed by atoms with E-state index in [1.54, 1.807) is 18.2 Å². The largest absolute Gasteiger partial charge is 0.457 e. The van der Waals surface area contributed by atoms with Gasteiger partial charge >= 0.3 is 5.97 Å². The highest BCUT2D eigenvalue weighted by molar-refractivity contribution is 5.90. The Morgan fingerprint density at radius 2 is 2.03 bits per heavy atom. The minimum Gasteiger partial charge on any atom is -0.457 e. The van der Waals surface area contributed by atoms with Crippen LogP contribution in [0.3, 0.4) is 0 Å². The van der Waals surface area contributed by atoms with Crippen molar-refractivity contribution in [3.63, 3.8) is 0 Å². The molecule has 0 aliphatic carbocycles. The van der Waals surface area contributed by atoms with E-state index in [0.29, 0.717) is 37.1 Å². The molecule has 1 fully saturated rings. The number of rotatable bonds is 9. The van der Waals surface area contributed by atoms with Crippen molar-refractivity contribution >= 4 is 17.2 Å². The molecule has 0 spiro atoms. The number of aliphatic hydroxyl groups is 1. The van der Waals surface area contributed by atoms with Crippen LogP contribution in [0.15, 0.2) is 54.6 Å². The summed E-state index contributed by atoms with van der Waals surface area (Å²) < 4.78 is 18.6. The number of aliphatic hydroxyl groups excluding tert-OH is 1. The summed E-state index contributed by atoms with van der Waals surface area (Å²) in [5.74, 6) is -1.10. The maximum atomic E-state index is 13.3. The molecule has 1 aliphatic rings. The van der Waals surface area contributed by atoms with E-state index in [4.69, 9.17) is 9.57 Å². The van der Waals surface area contributed by atoms with Gasteiger partial charge < -0.3 is 9.84 Å². The van der Waals surface area contributed by atoms with Gasteiger partial charge in [-0.3, -0.25) is 15.0 Å². The van der Waals surface area contributed by atoms with Crippen LogP contribution in [0.5, 0.6) is 0 Å². The minimum absolute atomic E-state index is 0.0630. The van der Waals surface area contributed by atoms with E-state index in [1.807, 2.05) is 0 Å². The van der Waals surface area contributed by atoms with Gasteiger partial charge in [0.1, 0.15) is 18.7 Å². The Morgan fingerprint density at radius 1 is 1.30 bits per heavy atom. The molecule has 0 bridgehead atoms. The monoisotopic (exact) mass is 416 g/mol. The molecular formula is C21H21FN2O6. The number of hydrogen-bond acceptors (Lipinski definition) is 7. The third-order valence-corrected chi connectivity index (χ3v) is 4.58. The van der Waals surface area contributed by atoms with Crippen molar-refractivity contribution in [1.82, 2.24) is 5.06 Å². The molecular weight excluding hydrogens is 395 g/mol. The average molecular weight is 416 g/mol. The highest BCUT2D eigenvalue weighted by Gasteiger charge is 2.22. The molecule has 0 saturated carbocycles. The SMILES string of the molecule is O=C(OC/C(=C\CCC(O)N1CCO1)c1ccc(F)cc1)c1cccc([N+](=O)[O-])c1. The fourth-order valence-corrected chi connectivity index (χ4v) is 2.88. The predicted octanol–water partition coefficient (Wildman–Crippen LogP) is 3.32. The molecule has 158 valence electrons. The number of hydrogen-bond donors (Lipinski definition) is 1. The molecule has 0 aromatic heterocycles. The molecule has 0 radical (unpaired) electrons. The van der Waals surface area contributed by atoms with Crippen LogP contribution in [0.1, 0.15) is 28.8 Å². The lowest BCUT2D eigenvalue weighted by Gasteiger charge is -2.33. The first-order valence-corrected chi connectivity index (χ1v) is 9.38. The Morgan fingerprint density at radius 3 is 2.67 bits per heavy atom. The molecule has 1 heterocycles. The zero-order valence-corrected chi connectivity index (χ0v) is 16.1. The molecule has 9 heteroatoms. The Balaban J connectivity index is 1.67. The van der Waals surface area contributed by atoms with Gasteiger partial charge in [-0.25, -0.2) is 9.18 Å². The molecule has 30 heavy (non-hydrogen) atoms. The second-order valence-electron chi connectivity index (χ2n) is 6.65. The highest BCUT2D eigenvalue weighted by atomic mass is 19.1. The van der Waals surface area contributed by atoms with Crippen molar-refractivity contribution in [2.45, 2.75) is 19.1 Å². The smallest absolute Gasteiger partial charge is 0.338 e. The molecule has 2 aromatic rings. The molecule has 1 N–H and O–H groups in total. The van der Waals surface area contributed by atoms with Crippen molar-refractivity contribution in [3.05, 3.63) is 81.7 Å². The van der Waals surface area contributed by atoms with Crippen LogP contribution in [0.2, 0.25) is 0 Å². The minimum atomic E-state index is -0.739. The van der Waals surface area contributed by atoms with Gasteiger partial charge in [0.25, 0.3) is 5.69 Å². The van der Waals surface area contributed by atoms with E-state index < -0.39 is 22.9 Å². The Bertz CT molecular complexity index is 927. The van der Waals surface area contributed by atoms with Crippen LogP contribution in [0.4, 0.5) is 10.1 Å². The highest BCUT2D eigenvalue weighted by Crippen LogP contribution is 2.20. The first-order valence-electron chi connectivity index (χ1n) is 9.38. The molecule has 1 atom stereocenters. The van der Waals surface area contributed by atoms with Gasteiger partial charge in [0, 0.05) is 12.1 Å². The molecule has 0 amide bonds. The van der Waals surface area contributed by atoms with Gasteiger partial charge in [-0.15, -0.1) is 0 Å². The van der Waals surface area contributed by atoms with Gasteiger partial charge in [-0.2, -0.15) is 5.06 Å². The van der Waals surface area contributed by atoms with E-state index in [1.165, 1.54) is 35.4 Å². The summed E-state index contributed by atoms with van der Waals surface area (Å²) in [6.07, 6.45) is 1.94.